The summed E-state index contributed by atoms with van der Waals surface area (Å²) < 4.78 is 51.1. The first-order valence-electron chi connectivity index (χ1n) is 17.7. The minimum absolute atomic E-state index is 0.0238. The summed E-state index contributed by atoms with van der Waals surface area (Å²) in [6.07, 6.45) is 4.78. The number of nitrogens with one attached hydrogen (secondary N) is 2. The highest BCUT2D eigenvalue weighted by atomic mass is 32.2. The molecule has 2 unspecified atom stereocenters. The minimum Gasteiger partial charge on any atom is -0.497 e. The lowest BCUT2D eigenvalue weighted by Gasteiger charge is -2.31. The molecule has 3 N–H and O–H groups in total. The van der Waals surface area contributed by atoms with Crippen LogP contribution in [0.2, 0.25) is 0 Å². The quantitative estimate of drug-likeness (QED) is 0.125. The fourth-order valence-electron chi connectivity index (χ4n) is 7.20. The third kappa shape index (κ3) is 7.67. The van der Waals surface area contributed by atoms with Gasteiger partial charge < -0.3 is 34.4 Å². The maximum Gasteiger partial charge on any atom is 0.286 e. The molecule has 1 aliphatic carbocycles. The average molecular weight is 738 g/mol. The molecule has 1 aliphatic heterocycles. The topological polar surface area (TPSA) is 139 Å². The van der Waals surface area contributed by atoms with Crippen LogP contribution >= 0.6 is 0 Å². The SMILES string of the molecule is COc1ccc(S(=O)(=O)N(CCO)CCOC2CC(c3cccc4c3Cc3ccccc3-4)C=C(C(=O)NCCc3c[nH]c4ccc(OC)cc34)O2)cc1. The van der Waals surface area contributed by atoms with Crippen LogP contribution in [0, 0.1) is 0 Å². The summed E-state index contributed by atoms with van der Waals surface area (Å²) in [6.45, 7) is -0.160. The molecule has 4 aromatic carbocycles. The molecule has 1 aromatic heterocycles. The second-order valence-electron chi connectivity index (χ2n) is 13.0. The van der Waals surface area contributed by atoms with Gasteiger partial charge in [0.2, 0.25) is 16.3 Å². The molecule has 7 rings (SSSR count). The van der Waals surface area contributed by atoms with Crippen molar-refractivity contribution in [2.24, 2.45) is 0 Å². The van der Waals surface area contributed by atoms with Gasteiger partial charge in [0.1, 0.15) is 11.5 Å². The number of amides is 1. The van der Waals surface area contributed by atoms with Crippen LogP contribution < -0.4 is 14.8 Å². The Balaban J connectivity index is 1.08. The van der Waals surface area contributed by atoms with Gasteiger partial charge in [-0.25, -0.2) is 8.42 Å². The zero-order valence-electron chi connectivity index (χ0n) is 29.7. The summed E-state index contributed by atoms with van der Waals surface area (Å²) >= 11 is 0. The van der Waals surface area contributed by atoms with Crippen molar-refractivity contribution < 1.29 is 37.3 Å². The van der Waals surface area contributed by atoms with Crippen molar-refractivity contribution >= 4 is 26.8 Å². The van der Waals surface area contributed by atoms with Crippen LogP contribution in [0.5, 0.6) is 11.5 Å². The van der Waals surface area contributed by atoms with Crippen molar-refractivity contribution in [3.63, 3.8) is 0 Å². The monoisotopic (exact) mass is 737 g/mol. The smallest absolute Gasteiger partial charge is 0.286 e. The van der Waals surface area contributed by atoms with Crippen molar-refractivity contribution in [2.45, 2.75) is 36.4 Å². The van der Waals surface area contributed by atoms with E-state index < -0.39 is 16.3 Å². The molecule has 0 saturated carbocycles. The average Bonchev–Trinajstić information content (AvgIpc) is 3.78. The number of sulfonamides is 1. The van der Waals surface area contributed by atoms with Crippen molar-refractivity contribution in [2.75, 3.05) is 47.1 Å². The van der Waals surface area contributed by atoms with Gasteiger partial charge in [-0.1, -0.05) is 42.5 Å². The number of methoxy groups -OCH3 is 2. The van der Waals surface area contributed by atoms with E-state index in [4.69, 9.17) is 18.9 Å². The number of ether oxygens (including phenoxy) is 4. The Bertz CT molecular complexity index is 2230. The van der Waals surface area contributed by atoms with Gasteiger partial charge in [0.05, 0.1) is 32.3 Å². The molecule has 0 fully saturated rings. The molecule has 12 heteroatoms. The van der Waals surface area contributed by atoms with Crippen LogP contribution in [0.3, 0.4) is 0 Å². The lowest BCUT2D eigenvalue weighted by atomic mass is 9.87. The number of nitrogens with zero attached hydrogens (tertiary/aromatic N) is 1. The van der Waals surface area contributed by atoms with Crippen LogP contribution in [0.1, 0.15) is 34.6 Å². The first-order chi connectivity index (χ1) is 25.8. The molecule has 0 radical (unpaired) electrons. The fourth-order valence-corrected chi connectivity index (χ4v) is 8.62. The summed E-state index contributed by atoms with van der Waals surface area (Å²) in [7, 11) is -0.796. The summed E-state index contributed by atoms with van der Waals surface area (Å²) in [5.41, 5.74) is 7.99. The first kappa shape index (κ1) is 36.2. The van der Waals surface area contributed by atoms with Gasteiger partial charge >= 0.3 is 0 Å². The maximum atomic E-state index is 13.7. The van der Waals surface area contributed by atoms with E-state index in [2.05, 4.69) is 34.6 Å². The van der Waals surface area contributed by atoms with E-state index in [0.29, 0.717) is 25.1 Å². The number of benzene rings is 4. The highest BCUT2D eigenvalue weighted by molar-refractivity contribution is 7.89. The number of carbonyl (C=O) groups excluding carboxylic acids is 1. The summed E-state index contributed by atoms with van der Waals surface area (Å²) in [4.78, 5) is 17.1. The second kappa shape index (κ2) is 15.8. The van der Waals surface area contributed by atoms with Crippen molar-refractivity contribution in [1.82, 2.24) is 14.6 Å². The third-order valence-corrected chi connectivity index (χ3v) is 11.8. The van der Waals surface area contributed by atoms with Crippen molar-refractivity contribution in [1.29, 1.82) is 0 Å². The number of rotatable bonds is 15. The minimum atomic E-state index is -3.94. The summed E-state index contributed by atoms with van der Waals surface area (Å²) in [6, 6.07) is 26.6. The maximum absolute atomic E-state index is 13.7. The number of H-pyrrole nitrogens is 1. The lowest BCUT2D eigenvalue weighted by Crippen LogP contribution is -2.38. The standard InChI is InChI=1S/C41H43N3O8S/c1-49-30-10-13-32(14-11-30)53(47,48)44(18-20-45)19-21-51-40-24-29(34-8-5-9-35-33-7-4-3-6-27(33)22-37(34)35)23-39(52-40)41(46)42-17-16-28-26-43-38-15-12-31(50-2)25-36(28)38/h3-15,23,25-26,29,40,43,45H,16-22,24H2,1-2H3,(H,42,46). The van der Waals surface area contributed by atoms with Gasteiger partial charge in [0.15, 0.2) is 5.76 Å². The normalized spacial score (nSPS) is 16.5. The van der Waals surface area contributed by atoms with Gasteiger partial charge in [-0.2, -0.15) is 4.31 Å². The highest BCUT2D eigenvalue weighted by Crippen LogP contribution is 2.43. The number of fused-ring (bicyclic) bond motifs is 4. The first-order valence-corrected chi connectivity index (χ1v) is 19.1. The second-order valence-corrected chi connectivity index (χ2v) is 15.0. The molecule has 2 aliphatic rings. The Hall–Kier alpha value is -5.14. The number of aromatic nitrogens is 1. The fraction of sp³-hybridized carbons (Fsp3) is 0.293. The lowest BCUT2D eigenvalue weighted by molar-refractivity contribution is -0.146. The Morgan fingerprint density at radius 3 is 2.53 bits per heavy atom. The number of hydrogen-bond donors (Lipinski definition) is 3. The van der Waals surface area contributed by atoms with E-state index in [1.807, 2.05) is 48.7 Å². The molecule has 0 bridgehead atoms. The van der Waals surface area contributed by atoms with Gasteiger partial charge in [-0.05, 0) is 94.8 Å². The highest BCUT2D eigenvalue weighted by Gasteiger charge is 2.32. The molecule has 0 spiro atoms. The molecule has 2 atom stereocenters. The van der Waals surface area contributed by atoms with Crippen LogP contribution in [-0.2, 0) is 37.1 Å². The third-order valence-electron chi connectivity index (χ3n) is 9.91. The Labute approximate surface area is 309 Å². The van der Waals surface area contributed by atoms with Gasteiger partial charge in [0.25, 0.3) is 5.91 Å². The van der Waals surface area contributed by atoms with Crippen LogP contribution in [0.25, 0.3) is 22.0 Å². The van der Waals surface area contributed by atoms with Gasteiger partial charge in [-0.3, -0.25) is 4.79 Å². The van der Waals surface area contributed by atoms with Crippen molar-refractivity contribution in [3.05, 3.63) is 125 Å². The number of aliphatic hydroxyl groups is 1. The molecular formula is C41H43N3O8S. The summed E-state index contributed by atoms with van der Waals surface area (Å²) in [5, 5.41) is 13.8. The largest absolute Gasteiger partial charge is 0.497 e. The van der Waals surface area contributed by atoms with Gasteiger partial charge in [0, 0.05) is 49.1 Å². The number of allylic oxidation sites excluding steroid dienone is 1. The van der Waals surface area contributed by atoms with Gasteiger partial charge in [-0.15, -0.1) is 0 Å². The Morgan fingerprint density at radius 2 is 1.74 bits per heavy atom. The molecule has 53 heavy (non-hydrogen) atoms. The van der Waals surface area contributed by atoms with Crippen molar-refractivity contribution in [3.8, 4) is 22.6 Å². The number of hydrogen-bond acceptors (Lipinski definition) is 8. The van der Waals surface area contributed by atoms with Crippen LogP contribution in [0.15, 0.2) is 108 Å². The van der Waals surface area contributed by atoms with E-state index in [-0.39, 0.29) is 48.8 Å². The Kier molecular flexibility index (Phi) is 10.8. The molecule has 5 aromatic rings. The molecule has 276 valence electrons. The summed E-state index contributed by atoms with van der Waals surface area (Å²) in [5.74, 6) is 0.882. The van der Waals surface area contributed by atoms with E-state index in [9.17, 15) is 18.3 Å². The molecule has 11 nitrogen and oxygen atoms in total. The number of carbonyl (C=O) groups is 1. The van der Waals surface area contributed by atoms with Crippen LogP contribution in [-0.4, -0.2) is 82.1 Å². The number of aromatic amines is 1. The van der Waals surface area contributed by atoms with E-state index >= 15 is 0 Å². The molecule has 1 amide bonds. The molecule has 0 saturated heterocycles. The predicted octanol–water partition coefficient (Wildman–Crippen LogP) is 5.53. The Morgan fingerprint density at radius 1 is 0.962 bits per heavy atom. The zero-order valence-corrected chi connectivity index (χ0v) is 30.5. The molecule has 2 heterocycles. The molecular weight excluding hydrogens is 695 g/mol. The van der Waals surface area contributed by atoms with E-state index in [1.165, 1.54) is 45.8 Å². The van der Waals surface area contributed by atoms with Crippen LogP contribution in [0.4, 0.5) is 0 Å². The van der Waals surface area contributed by atoms with E-state index in [0.717, 1.165) is 34.2 Å². The zero-order chi connectivity index (χ0) is 37.0. The van der Waals surface area contributed by atoms with E-state index in [1.54, 1.807) is 19.2 Å². The number of aliphatic hydroxyl groups excluding tert-OH is 1. The predicted molar refractivity (Wildman–Crippen MR) is 201 cm³/mol.